The Morgan fingerprint density at radius 3 is 2.74 bits per heavy atom. The lowest BCUT2D eigenvalue weighted by atomic mass is 9.95. The van der Waals surface area contributed by atoms with Crippen molar-refractivity contribution in [3.63, 3.8) is 0 Å². The first kappa shape index (κ1) is 21.6. The number of nitrogens with zero attached hydrogens (tertiary/aromatic N) is 1. The maximum atomic E-state index is 12.9. The standard InChI is InChI=1S/C23H24ClN3O3S/c1-3-13(2)30-23(29)20-16-6-4-5-7-19(16)31-22(20)25-21(28)18-12-17(26-27-18)14-8-10-15(24)11-9-14/h8-13H,3-7H2,1-2H3,(H,25,28)(H,26,27). The van der Waals surface area contributed by atoms with E-state index in [2.05, 4.69) is 15.5 Å². The zero-order chi connectivity index (χ0) is 22.0. The number of anilines is 1. The molecule has 8 heteroatoms. The van der Waals surface area contributed by atoms with Crippen molar-refractivity contribution in [1.29, 1.82) is 0 Å². The minimum atomic E-state index is -0.365. The maximum absolute atomic E-state index is 12.9. The molecule has 1 aliphatic rings. The number of nitrogens with one attached hydrogen (secondary N) is 2. The van der Waals surface area contributed by atoms with Crippen LogP contribution < -0.4 is 5.32 Å². The molecule has 2 N–H and O–H groups in total. The number of benzene rings is 1. The van der Waals surface area contributed by atoms with Gasteiger partial charge in [0.05, 0.1) is 17.4 Å². The van der Waals surface area contributed by atoms with Crippen molar-refractivity contribution < 1.29 is 14.3 Å². The van der Waals surface area contributed by atoms with E-state index >= 15 is 0 Å². The van der Waals surface area contributed by atoms with Crippen LogP contribution in [-0.2, 0) is 17.6 Å². The Balaban J connectivity index is 1.59. The first-order valence-electron chi connectivity index (χ1n) is 10.4. The molecule has 1 amide bonds. The molecule has 4 rings (SSSR count). The second-order valence-electron chi connectivity index (χ2n) is 7.67. The first-order chi connectivity index (χ1) is 15.0. The molecule has 2 heterocycles. The van der Waals surface area contributed by atoms with Gasteiger partial charge in [0, 0.05) is 15.5 Å². The number of carbonyl (C=O) groups excluding carboxylic acids is 2. The number of ether oxygens (including phenoxy) is 1. The molecule has 31 heavy (non-hydrogen) atoms. The number of fused-ring (bicyclic) bond motifs is 1. The van der Waals surface area contributed by atoms with Crippen LogP contribution in [0.1, 0.15) is 64.4 Å². The number of amides is 1. The van der Waals surface area contributed by atoms with Gasteiger partial charge in [0.15, 0.2) is 0 Å². The number of thiophene rings is 1. The summed E-state index contributed by atoms with van der Waals surface area (Å²) in [5, 5.41) is 11.1. The van der Waals surface area contributed by atoms with Crippen molar-refractivity contribution >= 4 is 39.8 Å². The van der Waals surface area contributed by atoms with Gasteiger partial charge < -0.3 is 10.1 Å². The number of esters is 1. The molecule has 0 saturated carbocycles. The van der Waals surface area contributed by atoms with E-state index in [1.807, 2.05) is 26.0 Å². The predicted octanol–water partition coefficient (Wildman–Crippen LogP) is 5.88. The third-order valence-electron chi connectivity index (χ3n) is 5.45. The van der Waals surface area contributed by atoms with E-state index < -0.39 is 0 Å². The number of halogens is 1. The van der Waals surface area contributed by atoms with Gasteiger partial charge in [0.2, 0.25) is 0 Å². The average Bonchev–Trinajstić information content (AvgIpc) is 3.39. The van der Waals surface area contributed by atoms with Gasteiger partial charge in [-0.25, -0.2) is 4.79 Å². The van der Waals surface area contributed by atoms with Crippen LogP contribution in [0.25, 0.3) is 11.3 Å². The zero-order valence-electron chi connectivity index (χ0n) is 17.5. The van der Waals surface area contributed by atoms with E-state index in [1.54, 1.807) is 18.2 Å². The van der Waals surface area contributed by atoms with Gasteiger partial charge in [0.25, 0.3) is 5.91 Å². The van der Waals surface area contributed by atoms with Crippen LogP contribution >= 0.6 is 22.9 Å². The topological polar surface area (TPSA) is 84.1 Å². The highest BCUT2D eigenvalue weighted by atomic mass is 35.5. The number of rotatable bonds is 6. The van der Waals surface area contributed by atoms with Gasteiger partial charge in [-0.2, -0.15) is 5.10 Å². The third-order valence-corrected chi connectivity index (χ3v) is 6.91. The number of aromatic nitrogens is 2. The fraction of sp³-hybridized carbons (Fsp3) is 0.348. The number of aryl methyl sites for hydroxylation is 1. The molecule has 0 saturated heterocycles. The van der Waals surface area contributed by atoms with E-state index in [0.29, 0.717) is 27.0 Å². The van der Waals surface area contributed by atoms with Gasteiger partial charge in [-0.1, -0.05) is 30.7 Å². The van der Waals surface area contributed by atoms with Gasteiger partial charge in [-0.3, -0.25) is 9.89 Å². The Labute approximate surface area is 190 Å². The van der Waals surface area contributed by atoms with Crippen molar-refractivity contribution in [3.8, 4) is 11.3 Å². The SMILES string of the molecule is CCC(C)OC(=O)c1c(NC(=O)c2cc(-c3ccc(Cl)cc3)n[nH]2)sc2c1CCCC2. The summed E-state index contributed by atoms with van der Waals surface area (Å²) < 4.78 is 5.60. The minimum Gasteiger partial charge on any atom is -0.459 e. The highest BCUT2D eigenvalue weighted by Gasteiger charge is 2.28. The molecule has 1 aliphatic carbocycles. The summed E-state index contributed by atoms with van der Waals surface area (Å²) >= 11 is 7.41. The summed E-state index contributed by atoms with van der Waals surface area (Å²) in [6.45, 7) is 3.85. The van der Waals surface area contributed by atoms with Crippen molar-refractivity contribution in [2.45, 2.75) is 52.1 Å². The Bertz CT molecular complexity index is 1100. The molecule has 0 radical (unpaired) electrons. The molecule has 0 fully saturated rings. The van der Waals surface area contributed by atoms with Crippen molar-refractivity contribution in [2.75, 3.05) is 5.32 Å². The van der Waals surface area contributed by atoms with Crippen molar-refractivity contribution in [3.05, 3.63) is 57.1 Å². The highest BCUT2D eigenvalue weighted by Crippen LogP contribution is 2.39. The lowest BCUT2D eigenvalue weighted by Gasteiger charge is -2.15. The van der Waals surface area contributed by atoms with Crippen LogP contribution in [0.15, 0.2) is 30.3 Å². The summed E-state index contributed by atoms with van der Waals surface area (Å²) in [6, 6.07) is 8.92. The van der Waals surface area contributed by atoms with E-state index in [-0.39, 0.29) is 18.0 Å². The maximum Gasteiger partial charge on any atom is 0.341 e. The molecule has 0 bridgehead atoms. The molecule has 0 spiro atoms. The number of H-pyrrole nitrogens is 1. The van der Waals surface area contributed by atoms with Gasteiger partial charge in [0.1, 0.15) is 10.7 Å². The Hall–Kier alpha value is -2.64. The fourth-order valence-corrected chi connectivity index (χ4v) is 4.97. The van der Waals surface area contributed by atoms with E-state index in [1.165, 1.54) is 11.3 Å². The fourth-order valence-electron chi connectivity index (χ4n) is 3.57. The summed E-state index contributed by atoms with van der Waals surface area (Å²) in [5.74, 6) is -0.709. The zero-order valence-corrected chi connectivity index (χ0v) is 19.0. The van der Waals surface area contributed by atoms with E-state index in [9.17, 15) is 9.59 Å². The van der Waals surface area contributed by atoms with E-state index in [0.717, 1.165) is 48.1 Å². The van der Waals surface area contributed by atoms with Crippen LogP contribution in [0.4, 0.5) is 5.00 Å². The molecular weight excluding hydrogens is 434 g/mol. The smallest absolute Gasteiger partial charge is 0.341 e. The minimum absolute atomic E-state index is 0.176. The Kier molecular flexibility index (Phi) is 6.43. The predicted molar refractivity (Wildman–Crippen MR) is 123 cm³/mol. The molecule has 2 aromatic heterocycles. The summed E-state index contributed by atoms with van der Waals surface area (Å²) in [5.41, 5.74) is 3.34. The van der Waals surface area contributed by atoms with Crippen molar-refractivity contribution in [2.24, 2.45) is 0 Å². The highest BCUT2D eigenvalue weighted by molar-refractivity contribution is 7.17. The monoisotopic (exact) mass is 457 g/mol. The van der Waals surface area contributed by atoms with Crippen LogP contribution in [0.3, 0.4) is 0 Å². The molecule has 1 atom stereocenters. The molecule has 6 nitrogen and oxygen atoms in total. The quantitative estimate of drug-likeness (QED) is 0.453. The largest absolute Gasteiger partial charge is 0.459 e. The Morgan fingerprint density at radius 2 is 2.00 bits per heavy atom. The van der Waals surface area contributed by atoms with Crippen molar-refractivity contribution in [1.82, 2.24) is 10.2 Å². The second kappa shape index (κ2) is 9.24. The van der Waals surface area contributed by atoms with Gasteiger partial charge in [-0.05, 0) is 62.8 Å². The molecule has 0 aliphatic heterocycles. The molecule has 162 valence electrons. The lowest BCUT2D eigenvalue weighted by Crippen LogP contribution is -2.19. The van der Waals surface area contributed by atoms with Crippen LogP contribution in [0.2, 0.25) is 5.02 Å². The van der Waals surface area contributed by atoms with Gasteiger partial charge >= 0.3 is 5.97 Å². The van der Waals surface area contributed by atoms with E-state index in [4.69, 9.17) is 16.3 Å². The molecular formula is C23H24ClN3O3S. The summed E-state index contributed by atoms with van der Waals surface area (Å²) in [4.78, 5) is 27.0. The Morgan fingerprint density at radius 1 is 1.26 bits per heavy atom. The number of carbonyl (C=O) groups is 2. The molecule has 3 aromatic rings. The van der Waals surface area contributed by atoms with Crippen LogP contribution in [-0.4, -0.2) is 28.2 Å². The molecule has 1 unspecified atom stereocenters. The lowest BCUT2D eigenvalue weighted by molar-refractivity contribution is 0.0335. The number of aromatic amines is 1. The number of hydrogen-bond donors (Lipinski definition) is 2. The van der Waals surface area contributed by atoms with Crippen LogP contribution in [0.5, 0.6) is 0 Å². The first-order valence-corrected chi connectivity index (χ1v) is 11.6. The summed E-state index contributed by atoms with van der Waals surface area (Å²) in [6.07, 6.45) is 4.44. The summed E-state index contributed by atoms with van der Waals surface area (Å²) in [7, 11) is 0. The number of hydrogen-bond acceptors (Lipinski definition) is 5. The van der Waals surface area contributed by atoms with Gasteiger partial charge in [-0.15, -0.1) is 11.3 Å². The second-order valence-corrected chi connectivity index (χ2v) is 9.21. The van der Waals surface area contributed by atoms with Crippen LogP contribution in [0, 0.1) is 0 Å². The third kappa shape index (κ3) is 4.67. The normalized spacial score (nSPS) is 14.0. The molecule has 1 aromatic carbocycles. The average molecular weight is 458 g/mol.